The predicted molar refractivity (Wildman–Crippen MR) is 272 cm³/mol. The van der Waals surface area contributed by atoms with Crippen molar-refractivity contribution in [3.63, 3.8) is 0 Å². The maximum absolute atomic E-state index is 5.29. The zero-order valence-electron chi connectivity index (χ0n) is 35.2. The van der Waals surface area contributed by atoms with Crippen LogP contribution in [0.25, 0.3) is 127 Å². The zero-order chi connectivity index (χ0) is 43.3. The van der Waals surface area contributed by atoms with Gasteiger partial charge in [-0.3, -0.25) is 4.57 Å². The van der Waals surface area contributed by atoms with Crippen LogP contribution >= 0.6 is 11.7 Å². The Morgan fingerprint density at radius 1 is 0.348 bits per heavy atom. The van der Waals surface area contributed by atoms with E-state index in [1.54, 1.807) is 0 Å². The van der Waals surface area contributed by atoms with Gasteiger partial charge in [-0.1, -0.05) is 133 Å². The number of aromatic nitrogens is 7. The van der Waals surface area contributed by atoms with Crippen LogP contribution in [0.2, 0.25) is 0 Å². The fourth-order valence-electron chi connectivity index (χ4n) is 10.3. The number of hydrogen-bond acceptors (Lipinski definition) is 5. The Labute approximate surface area is 382 Å². The maximum Gasteiger partial charge on any atom is 0.161 e. The SMILES string of the molecule is c1ccc(-c2nccc(-n3c4cc(-c5ccc6c7ccccc7n(-c7ccccc7)c6c5)ccc4c4c5nsnc5c(-c5ccc6c(c5)c5ccccc5n6-c5ccccc5)cc43)n2)cc1. The molecule has 0 atom stereocenters. The molecule has 0 amide bonds. The standard InChI is InChI=1S/C58H35N7S/c1-4-14-36(15-5-1)58-59-31-30-54(60-58)65-52-34-38(37-24-27-44-42-20-10-12-22-48(42)64(51(44)33-37)41-18-8-3-9-19-41)25-28-45(52)55-53(65)35-46(56-57(55)62-66-61-56)39-26-29-50-47(32-39)43-21-11-13-23-49(43)63(50)40-16-6-2-7-17-40/h1-35H. The highest BCUT2D eigenvalue weighted by Crippen LogP contribution is 2.44. The fourth-order valence-corrected chi connectivity index (χ4v) is 10.8. The molecule has 7 nitrogen and oxygen atoms in total. The van der Waals surface area contributed by atoms with E-state index in [2.05, 4.69) is 196 Å². The molecule has 0 fully saturated rings. The second kappa shape index (κ2) is 14.4. The fraction of sp³-hybridized carbons (Fsp3) is 0. The Kier molecular flexibility index (Phi) is 8.02. The van der Waals surface area contributed by atoms with Crippen LogP contribution in [0.5, 0.6) is 0 Å². The summed E-state index contributed by atoms with van der Waals surface area (Å²) in [5.74, 6) is 1.44. The molecule has 308 valence electrons. The number of nitrogens with zero attached hydrogens (tertiary/aromatic N) is 7. The summed E-state index contributed by atoms with van der Waals surface area (Å²) in [6.45, 7) is 0. The molecule has 0 aliphatic rings. The van der Waals surface area contributed by atoms with E-state index in [1.807, 2.05) is 30.5 Å². The molecule has 14 aromatic rings. The number of para-hydroxylation sites is 4. The first-order valence-corrected chi connectivity index (χ1v) is 22.8. The monoisotopic (exact) mass is 861 g/mol. The smallest absolute Gasteiger partial charge is 0.161 e. The molecule has 0 bridgehead atoms. The van der Waals surface area contributed by atoms with Gasteiger partial charge in [0.25, 0.3) is 0 Å². The Bertz CT molecular complexity index is 4220. The molecule has 0 spiro atoms. The summed E-state index contributed by atoms with van der Waals surface area (Å²) >= 11 is 1.26. The Morgan fingerprint density at radius 2 is 0.894 bits per heavy atom. The zero-order valence-corrected chi connectivity index (χ0v) is 36.1. The second-order valence-electron chi connectivity index (χ2n) is 16.8. The van der Waals surface area contributed by atoms with Crippen molar-refractivity contribution in [3.8, 4) is 50.8 Å². The van der Waals surface area contributed by atoms with Crippen LogP contribution in [0, 0.1) is 0 Å². The van der Waals surface area contributed by atoms with Gasteiger partial charge in [0, 0.05) is 61.0 Å². The second-order valence-corrected chi connectivity index (χ2v) is 17.3. The molecule has 9 aromatic carbocycles. The van der Waals surface area contributed by atoms with Gasteiger partial charge in [0.1, 0.15) is 16.9 Å². The van der Waals surface area contributed by atoms with Gasteiger partial charge < -0.3 is 9.13 Å². The van der Waals surface area contributed by atoms with Crippen LogP contribution in [-0.4, -0.2) is 32.4 Å². The third kappa shape index (κ3) is 5.49. The molecule has 0 saturated carbocycles. The molecule has 5 aromatic heterocycles. The van der Waals surface area contributed by atoms with E-state index >= 15 is 0 Å². The first kappa shape index (κ1) is 36.7. The summed E-state index contributed by atoms with van der Waals surface area (Å²) in [5, 5.41) is 6.96. The lowest BCUT2D eigenvalue weighted by atomic mass is 9.98. The van der Waals surface area contributed by atoms with Crippen molar-refractivity contribution in [3.05, 3.63) is 212 Å². The van der Waals surface area contributed by atoms with Gasteiger partial charge in [0.15, 0.2) is 5.82 Å². The molecule has 0 aliphatic heterocycles. The first-order chi connectivity index (χ1) is 32.7. The van der Waals surface area contributed by atoms with Crippen LogP contribution in [0.3, 0.4) is 0 Å². The van der Waals surface area contributed by atoms with Crippen molar-refractivity contribution in [2.45, 2.75) is 0 Å². The molecule has 0 saturated heterocycles. The average Bonchev–Trinajstić information content (AvgIpc) is 4.16. The number of hydrogen-bond donors (Lipinski definition) is 0. The van der Waals surface area contributed by atoms with Gasteiger partial charge in [0.2, 0.25) is 0 Å². The van der Waals surface area contributed by atoms with E-state index in [-0.39, 0.29) is 0 Å². The van der Waals surface area contributed by atoms with Crippen LogP contribution in [0.4, 0.5) is 0 Å². The van der Waals surface area contributed by atoms with Crippen molar-refractivity contribution >= 4 is 88.2 Å². The minimum absolute atomic E-state index is 0.662. The molecule has 8 heteroatoms. The van der Waals surface area contributed by atoms with Crippen LogP contribution in [0.15, 0.2) is 212 Å². The van der Waals surface area contributed by atoms with E-state index in [0.29, 0.717) is 5.82 Å². The van der Waals surface area contributed by atoms with Crippen molar-refractivity contribution in [1.29, 1.82) is 0 Å². The Balaban J connectivity index is 1.02. The summed E-state index contributed by atoms with van der Waals surface area (Å²) < 4.78 is 17.1. The highest BCUT2D eigenvalue weighted by molar-refractivity contribution is 7.00. The van der Waals surface area contributed by atoms with Gasteiger partial charge in [-0.15, -0.1) is 0 Å². The molecule has 0 unspecified atom stereocenters. The summed E-state index contributed by atoms with van der Waals surface area (Å²) in [5.41, 5.74) is 16.0. The summed E-state index contributed by atoms with van der Waals surface area (Å²) in [6, 6.07) is 73.5. The van der Waals surface area contributed by atoms with Gasteiger partial charge in [-0.25, -0.2) is 9.97 Å². The largest absolute Gasteiger partial charge is 0.309 e. The molecular formula is C58H35N7S. The van der Waals surface area contributed by atoms with E-state index in [0.717, 1.165) is 88.9 Å². The lowest BCUT2D eigenvalue weighted by molar-refractivity contribution is 1.04. The molecule has 0 radical (unpaired) electrons. The highest BCUT2D eigenvalue weighted by Gasteiger charge is 2.23. The molecule has 66 heavy (non-hydrogen) atoms. The van der Waals surface area contributed by atoms with E-state index < -0.39 is 0 Å². The lowest BCUT2D eigenvalue weighted by Crippen LogP contribution is -2.00. The third-order valence-corrected chi connectivity index (χ3v) is 13.7. The van der Waals surface area contributed by atoms with Gasteiger partial charge in [-0.05, 0) is 89.5 Å². The van der Waals surface area contributed by atoms with E-state index in [1.165, 1.54) is 44.3 Å². The maximum atomic E-state index is 5.29. The van der Waals surface area contributed by atoms with Crippen LogP contribution < -0.4 is 0 Å². The van der Waals surface area contributed by atoms with Crippen molar-refractivity contribution < 1.29 is 0 Å². The minimum atomic E-state index is 0.662. The van der Waals surface area contributed by atoms with Crippen molar-refractivity contribution in [2.24, 2.45) is 0 Å². The van der Waals surface area contributed by atoms with Crippen LogP contribution in [-0.2, 0) is 0 Å². The number of benzene rings is 9. The topological polar surface area (TPSA) is 66.3 Å². The quantitative estimate of drug-likeness (QED) is 0.167. The highest BCUT2D eigenvalue weighted by atomic mass is 32.1. The van der Waals surface area contributed by atoms with Crippen LogP contribution in [0.1, 0.15) is 0 Å². The third-order valence-electron chi connectivity index (χ3n) is 13.2. The summed E-state index contributed by atoms with van der Waals surface area (Å²) in [6.07, 6.45) is 1.86. The molecule has 0 aliphatic carbocycles. The summed E-state index contributed by atoms with van der Waals surface area (Å²) in [7, 11) is 0. The molecular weight excluding hydrogens is 827 g/mol. The summed E-state index contributed by atoms with van der Waals surface area (Å²) in [4.78, 5) is 10.0. The van der Waals surface area contributed by atoms with E-state index in [9.17, 15) is 0 Å². The Morgan fingerprint density at radius 3 is 1.61 bits per heavy atom. The number of rotatable bonds is 6. The first-order valence-electron chi connectivity index (χ1n) is 22.1. The van der Waals surface area contributed by atoms with Gasteiger partial charge >= 0.3 is 0 Å². The predicted octanol–water partition coefficient (Wildman–Crippen LogP) is 14.8. The lowest BCUT2D eigenvalue weighted by Gasteiger charge is -2.11. The minimum Gasteiger partial charge on any atom is -0.309 e. The number of fused-ring (bicyclic) bond motifs is 11. The molecule has 14 rings (SSSR count). The normalized spacial score (nSPS) is 11.9. The Hall–Kier alpha value is -8.72. The van der Waals surface area contributed by atoms with Gasteiger partial charge in [0.05, 0.1) is 44.8 Å². The average molecular weight is 862 g/mol. The molecule has 0 N–H and O–H groups in total. The van der Waals surface area contributed by atoms with Crippen molar-refractivity contribution in [2.75, 3.05) is 0 Å². The van der Waals surface area contributed by atoms with Crippen molar-refractivity contribution in [1.82, 2.24) is 32.4 Å². The van der Waals surface area contributed by atoms with Gasteiger partial charge in [-0.2, -0.15) is 8.75 Å². The van der Waals surface area contributed by atoms with E-state index in [4.69, 9.17) is 18.7 Å². The molecule has 5 heterocycles.